The van der Waals surface area contributed by atoms with Crippen molar-refractivity contribution in [3.63, 3.8) is 0 Å². The highest BCUT2D eigenvalue weighted by molar-refractivity contribution is 5.49. The van der Waals surface area contributed by atoms with Crippen LogP contribution in [0.1, 0.15) is 12.6 Å². The van der Waals surface area contributed by atoms with Gasteiger partial charge in [0.25, 0.3) is 0 Å². The normalized spacial score (nSPS) is 9.93. The fourth-order valence-electron chi connectivity index (χ4n) is 1.10. The second kappa shape index (κ2) is 4.09. The maximum Gasteiger partial charge on any atom is 0.237 e. The minimum Gasteiger partial charge on any atom is -0.480 e. The van der Waals surface area contributed by atoms with Gasteiger partial charge in [-0.25, -0.2) is 9.37 Å². The highest BCUT2D eigenvalue weighted by Crippen LogP contribution is 2.21. The summed E-state index contributed by atoms with van der Waals surface area (Å²) >= 11 is 0. The number of allylic oxidation sites excluding steroid dienone is 1. The SMILES string of the molecule is C=C(C)Cc1nc(OC)c(N)cc1F. The molecule has 0 saturated carbocycles. The first-order chi connectivity index (χ1) is 6.54. The van der Waals surface area contributed by atoms with Crippen molar-refractivity contribution in [3.05, 3.63) is 29.7 Å². The van der Waals surface area contributed by atoms with Gasteiger partial charge < -0.3 is 10.5 Å². The van der Waals surface area contributed by atoms with Crippen LogP contribution in [0, 0.1) is 5.82 Å². The van der Waals surface area contributed by atoms with Crippen molar-refractivity contribution in [2.75, 3.05) is 12.8 Å². The molecule has 2 N–H and O–H groups in total. The summed E-state index contributed by atoms with van der Waals surface area (Å²) in [6, 6.07) is 1.21. The molecule has 4 heteroatoms. The summed E-state index contributed by atoms with van der Waals surface area (Å²) in [7, 11) is 1.45. The maximum atomic E-state index is 13.3. The summed E-state index contributed by atoms with van der Waals surface area (Å²) in [6.07, 6.45) is 0.391. The van der Waals surface area contributed by atoms with Gasteiger partial charge in [-0.15, -0.1) is 0 Å². The van der Waals surface area contributed by atoms with Crippen molar-refractivity contribution < 1.29 is 9.13 Å². The topological polar surface area (TPSA) is 48.1 Å². The molecule has 14 heavy (non-hydrogen) atoms. The minimum absolute atomic E-state index is 0.204. The molecule has 0 saturated heterocycles. The Morgan fingerprint density at radius 1 is 1.71 bits per heavy atom. The summed E-state index contributed by atoms with van der Waals surface area (Å²) in [5, 5.41) is 0. The molecule has 0 unspecified atom stereocenters. The Balaban J connectivity index is 3.10. The number of nitrogens with zero attached hydrogens (tertiary/aromatic N) is 1. The van der Waals surface area contributed by atoms with Crippen LogP contribution in [0.25, 0.3) is 0 Å². The fraction of sp³-hybridized carbons (Fsp3) is 0.300. The molecule has 1 aromatic rings. The number of pyridine rings is 1. The third-order valence-corrected chi connectivity index (χ3v) is 1.70. The molecule has 1 aromatic heterocycles. The number of anilines is 1. The van der Waals surface area contributed by atoms with E-state index in [1.165, 1.54) is 13.2 Å². The van der Waals surface area contributed by atoms with Crippen LogP contribution in [0.2, 0.25) is 0 Å². The van der Waals surface area contributed by atoms with Gasteiger partial charge in [-0.3, -0.25) is 0 Å². The molecular weight excluding hydrogens is 183 g/mol. The van der Waals surface area contributed by atoms with Crippen molar-refractivity contribution in [2.24, 2.45) is 0 Å². The van der Waals surface area contributed by atoms with E-state index >= 15 is 0 Å². The van der Waals surface area contributed by atoms with Crippen LogP contribution in [0.3, 0.4) is 0 Å². The lowest BCUT2D eigenvalue weighted by Gasteiger charge is -2.07. The van der Waals surface area contributed by atoms with E-state index < -0.39 is 5.82 Å². The summed E-state index contributed by atoms with van der Waals surface area (Å²) in [5.41, 5.74) is 6.83. The number of methoxy groups -OCH3 is 1. The second-order valence-corrected chi connectivity index (χ2v) is 3.15. The average molecular weight is 196 g/mol. The van der Waals surface area contributed by atoms with Gasteiger partial charge in [0.2, 0.25) is 5.88 Å². The van der Waals surface area contributed by atoms with Crippen LogP contribution in [-0.4, -0.2) is 12.1 Å². The number of hydrogen-bond acceptors (Lipinski definition) is 3. The average Bonchev–Trinajstić information content (AvgIpc) is 2.09. The Labute approximate surface area is 82.4 Å². The summed E-state index contributed by atoms with van der Waals surface area (Å²) in [4.78, 5) is 3.95. The van der Waals surface area contributed by atoms with Gasteiger partial charge in [-0.1, -0.05) is 12.2 Å². The van der Waals surface area contributed by atoms with Gasteiger partial charge in [-0.2, -0.15) is 0 Å². The smallest absolute Gasteiger partial charge is 0.237 e. The van der Waals surface area contributed by atoms with Crippen molar-refractivity contribution >= 4 is 5.69 Å². The predicted molar refractivity (Wildman–Crippen MR) is 53.7 cm³/mol. The Morgan fingerprint density at radius 3 is 2.86 bits per heavy atom. The molecule has 0 amide bonds. The van der Waals surface area contributed by atoms with E-state index in [0.717, 1.165) is 5.57 Å². The molecule has 0 atom stereocenters. The molecule has 1 rings (SSSR count). The summed E-state index contributed by atoms with van der Waals surface area (Å²) in [5.74, 6) is -0.172. The summed E-state index contributed by atoms with van der Waals surface area (Å²) in [6.45, 7) is 5.50. The Hall–Kier alpha value is -1.58. The largest absolute Gasteiger partial charge is 0.480 e. The molecule has 0 radical (unpaired) electrons. The first-order valence-electron chi connectivity index (χ1n) is 4.18. The van der Waals surface area contributed by atoms with Crippen LogP contribution < -0.4 is 10.5 Å². The third kappa shape index (κ3) is 2.22. The van der Waals surface area contributed by atoms with Crippen LogP contribution in [0.5, 0.6) is 5.88 Å². The van der Waals surface area contributed by atoms with Crippen molar-refractivity contribution in [3.8, 4) is 5.88 Å². The highest BCUT2D eigenvalue weighted by atomic mass is 19.1. The van der Waals surface area contributed by atoms with E-state index in [9.17, 15) is 4.39 Å². The van der Waals surface area contributed by atoms with E-state index in [0.29, 0.717) is 12.1 Å². The lowest BCUT2D eigenvalue weighted by Crippen LogP contribution is -2.02. The first-order valence-corrected chi connectivity index (χ1v) is 4.18. The lowest BCUT2D eigenvalue weighted by atomic mass is 10.1. The van der Waals surface area contributed by atoms with Gasteiger partial charge >= 0.3 is 0 Å². The number of rotatable bonds is 3. The number of nitrogens with two attached hydrogens (primary N) is 1. The molecule has 0 bridgehead atoms. The van der Waals surface area contributed by atoms with Gasteiger partial charge in [0.05, 0.1) is 18.5 Å². The van der Waals surface area contributed by atoms with E-state index in [2.05, 4.69) is 11.6 Å². The molecule has 0 aliphatic heterocycles. The molecule has 3 nitrogen and oxygen atoms in total. The first kappa shape index (κ1) is 10.5. The van der Waals surface area contributed by atoms with Crippen molar-refractivity contribution in [1.82, 2.24) is 4.98 Å². The predicted octanol–water partition coefficient (Wildman–Crippen LogP) is 1.93. The van der Waals surface area contributed by atoms with Crippen LogP contribution in [0.4, 0.5) is 10.1 Å². The molecule has 76 valence electrons. The fourth-order valence-corrected chi connectivity index (χ4v) is 1.10. The van der Waals surface area contributed by atoms with E-state index in [1.54, 1.807) is 0 Å². The van der Waals surface area contributed by atoms with Crippen LogP contribution in [0.15, 0.2) is 18.2 Å². The molecule has 0 aliphatic carbocycles. The minimum atomic E-state index is -0.425. The quantitative estimate of drug-likeness (QED) is 0.751. The molecule has 0 fully saturated rings. The van der Waals surface area contributed by atoms with Gasteiger partial charge in [0, 0.05) is 12.5 Å². The Morgan fingerprint density at radius 2 is 2.36 bits per heavy atom. The summed E-state index contributed by atoms with van der Waals surface area (Å²) < 4.78 is 18.2. The van der Waals surface area contributed by atoms with E-state index in [1.807, 2.05) is 6.92 Å². The van der Waals surface area contributed by atoms with E-state index in [4.69, 9.17) is 10.5 Å². The van der Waals surface area contributed by atoms with Gasteiger partial charge in [-0.05, 0) is 6.92 Å². The molecule has 0 aliphatic rings. The van der Waals surface area contributed by atoms with Crippen LogP contribution in [-0.2, 0) is 6.42 Å². The molecular formula is C10H13FN2O. The van der Waals surface area contributed by atoms with Gasteiger partial charge in [0.15, 0.2) is 0 Å². The molecule has 0 spiro atoms. The Bertz CT molecular complexity index is 363. The number of nitrogen functional groups attached to an aromatic ring is 1. The number of aromatic nitrogens is 1. The lowest BCUT2D eigenvalue weighted by molar-refractivity contribution is 0.396. The number of ether oxygens (including phenoxy) is 1. The zero-order chi connectivity index (χ0) is 10.7. The molecule has 1 heterocycles. The second-order valence-electron chi connectivity index (χ2n) is 3.15. The number of hydrogen-bond donors (Lipinski definition) is 1. The zero-order valence-corrected chi connectivity index (χ0v) is 8.30. The van der Waals surface area contributed by atoms with E-state index in [-0.39, 0.29) is 11.6 Å². The zero-order valence-electron chi connectivity index (χ0n) is 8.30. The standard InChI is InChI=1S/C10H13FN2O/c1-6(2)4-9-7(11)5-8(12)10(13-9)14-3/h5H,1,4,12H2,2-3H3. The third-order valence-electron chi connectivity index (χ3n) is 1.70. The molecule has 0 aromatic carbocycles. The highest BCUT2D eigenvalue weighted by Gasteiger charge is 2.09. The monoisotopic (exact) mass is 196 g/mol. The van der Waals surface area contributed by atoms with Gasteiger partial charge in [0.1, 0.15) is 5.82 Å². The Kier molecular flexibility index (Phi) is 3.06. The van der Waals surface area contributed by atoms with Crippen molar-refractivity contribution in [2.45, 2.75) is 13.3 Å². The number of halogens is 1. The van der Waals surface area contributed by atoms with Crippen molar-refractivity contribution in [1.29, 1.82) is 0 Å². The van der Waals surface area contributed by atoms with Crippen LogP contribution >= 0.6 is 0 Å². The maximum absolute atomic E-state index is 13.3.